The fraction of sp³-hybridized carbons (Fsp3) is 0.312. The molecule has 1 aromatic heterocycles. The summed E-state index contributed by atoms with van der Waals surface area (Å²) in [6.45, 7) is 6.16. The molecule has 1 aromatic carbocycles. The second kappa shape index (κ2) is 5.41. The van der Waals surface area contributed by atoms with Crippen molar-refractivity contribution in [3.63, 3.8) is 0 Å². The zero-order chi connectivity index (χ0) is 14.0. The summed E-state index contributed by atoms with van der Waals surface area (Å²) in [5.74, 6) is 0. The van der Waals surface area contributed by atoms with Gasteiger partial charge in [0.15, 0.2) is 0 Å². The Balaban J connectivity index is 2.25. The maximum Gasteiger partial charge on any atom is 0.250 e. The lowest BCUT2D eigenvalue weighted by molar-refractivity contribution is 0.154. The highest BCUT2D eigenvalue weighted by atomic mass is 16.3. The van der Waals surface area contributed by atoms with Gasteiger partial charge in [-0.25, -0.2) is 0 Å². The molecule has 0 saturated carbocycles. The average molecular weight is 257 g/mol. The minimum absolute atomic E-state index is 0.0798. The van der Waals surface area contributed by atoms with Crippen molar-refractivity contribution in [2.24, 2.45) is 0 Å². The van der Waals surface area contributed by atoms with E-state index in [0.29, 0.717) is 0 Å². The smallest absolute Gasteiger partial charge is 0.250 e. The molecule has 100 valence electrons. The molecule has 0 aliphatic rings. The van der Waals surface area contributed by atoms with Gasteiger partial charge >= 0.3 is 0 Å². The van der Waals surface area contributed by atoms with Crippen molar-refractivity contribution in [3.05, 3.63) is 69.1 Å². The van der Waals surface area contributed by atoms with Crippen LogP contribution in [0.2, 0.25) is 0 Å². The molecule has 2 rings (SSSR count). The molecule has 1 heterocycles. The molecular weight excluding hydrogens is 238 g/mol. The highest BCUT2D eigenvalue weighted by Gasteiger charge is 2.11. The van der Waals surface area contributed by atoms with E-state index in [2.05, 4.69) is 0 Å². The lowest BCUT2D eigenvalue weighted by Crippen LogP contribution is -2.22. The molecule has 0 amide bonds. The van der Waals surface area contributed by atoms with Crippen LogP contribution in [0.4, 0.5) is 0 Å². The maximum atomic E-state index is 11.8. The van der Waals surface area contributed by atoms with Gasteiger partial charge in [-0.15, -0.1) is 0 Å². The quantitative estimate of drug-likeness (QED) is 0.918. The van der Waals surface area contributed by atoms with Gasteiger partial charge in [0.2, 0.25) is 0 Å². The molecule has 1 N–H and O–H groups in total. The van der Waals surface area contributed by atoms with Gasteiger partial charge in [0.1, 0.15) is 0 Å². The van der Waals surface area contributed by atoms with E-state index in [1.807, 2.05) is 45.0 Å². The lowest BCUT2D eigenvalue weighted by Gasteiger charge is -2.16. The van der Waals surface area contributed by atoms with Crippen molar-refractivity contribution in [1.82, 2.24) is 4.57 Å². The molecule has 0 fully saturated rings. The van der Waals surface area contributed by atoms with Crippen LogP contribution in [0.5, 0.6) is 0 Å². The minimum atomic E-state index is -0.666. The topological polar surface area (TPSA) is 42.2 Å². The van der Waals surface area contributed by atoms with E-state index in [4.69, 9.17) is 0 Å². The number of pyridine rings is 1. The van der Waals surface area contributed by atoms with Gasteiger partial charge in [-0.3, -0.25) is 4.79 Å². The number of benzene rings is 1. The van der Waals surface area contributed by atoms with Gasteiger partial charge in [0, 0.05) is 12.3 Å². The largest absolute Gasteiger partial charge is 0.387 e. The number of hydrogen-bond acceptors (Lipinski definition) is 2. The third-order valence-electron chi connectivity index (χ3n) is 3.31. The summed E-state index contributed by atoms with van der Waals surface area (Å²) < 4.78 is 1.54. The molecule has 3 heteroatoms. The van der Waals surface area contributed by atoms with E-state index in [9.17, 15) is 9.90 Å². The van der Waals surface area contributed by atoms with Crippen molar-refractivity contribution in [2.45, 2.75) is 33.4 Å². The second-order valence-corrected chi connectivity index (χ2v) is 5.07. The van der Waals surface area contributed by atoms with Crippen LogP contribution in [0, 0.1) is 20.8 Å². The fourth-order valence-electron chi connectivity index (χ4n) is 2.24. The van der Waals surface area contributed by atoms with Gasteiger partial charge in [0.05, 0.1) is 12.6 Å². The van der Waals surface area contributed by atoms with Crippen molar-refractivity contribution < 1.29 is 5.11 Å². The first kappa shape index (κ1) is 13.6. The minimum Gasteiger partial charge on any atom is -0.387 e. The van der Waals surface area contributed by atoms with Crippen LogP contribution in [-0.4, -0.2) is 9.67 Å². The zero-order valence-electron chi connectivity index (χ0n) is 11.6. The van der Waals surface area contributed by atoms with Crippen molar-refractivity contribution >= 4 is 0 Å². The standard InChI is InChI=1S/C16H19NO2/c1-11-4-5-14(13(3)8-11)15(18)10-17-7-6-12(2)9-16(17)19/h4-9,15,18H,10H2,1-3H3. The first-order valence-corrected chi connectivity index (χ1v) is 6.39. The zero-order valence-corrected chi connectivity index (χ0v) is 11.6. The average Bonchev–Trinajstić information content (AvgIpc) is 2.32. The number of rotatable bonds is 3. The summed E-state index contributed by atoms with van der Waals surface area (Å²) in [4.78, 5) is 11.8. The highest BCUT2D eigenvalue weighted by molar-refractivity contribution is 5.31. The predicted octanol–water partition coefficient (Wildman–Crippen LogP) is 2.51. The monoisotopic (exact) mass is 257 g/mol. The SMILES string of the molecule is Cc1ccc(C(O)Cn2ccc(C)cc2=O)c(C)c1. The van der Waals surface area contributed by atoms with Crippen LogP contribution in [0.25, 0.3) is 0 Å². The molecule has 2 aromatic rings. The first-order valence-electron chi connectivity index (χ1n) is 6.39. The van der Waals surface area contributed by atoms with E-state index < -0.39 is 6.10 Å². The highest BCUT2D eigenvalue weighted by Crippen LogP contribution is 2.20. The van der Waals surface area contributed by atoms with Gasteiger partial charge in [0.25, 0.3) is 5.56 Å². The number of aryl methyl sites for hydroxylation is 3. The predicted molar refractivity (Wildman–Crippen MR) is 76.3 cm³/mol. The summed E-state index contributed by atoms with van der Waals surface area (Å²) >= 11 is 0. The molecule has 0 radical (unpaired) electrons. The Labute approximate surface area is 113 Å². The molecule has 19 heavy (non-hydrogen) atoms. The summed E-state index contributed by atoms with van der Waals surface area (Å²) in [5.41, 5.74) is 3.94. The second-order valence-electron chi connectivity index (χ2n) is 5.07. The lowest BCUT2D eigenvalue weighted by atomic mass is 10.0. The number of aliphatic hydroxyl groups is 1. The van der Waals surface area contributed by atoms with Crippen LogP contribution in [-0.2, 0) is 6.54 Å². The Morgan fingerprint density at radius 3 is 2.42 bits per heavy atom. The Hall–Kier alpha value is -1.87. The third kappa shape index (κ3) is 3.12. The molecule has 0 saturated heterocycles. The summed E-state index contributed by atoms with van der Waals surface area (Å²) in [6.07, 6.45) is 1.06. The molecule has 0 bridgehead atoms. The van der Waals surface area contributed by atoms with Gasteiger partial charge < -0.3 is 9.67 Å². The van der Waals surface area contributed by atoms with Crippen LogP contribution in [0.15, 0.2) is 41.3 Å². The normalized spacial score (nSPS) is 12.4. The molecule has 0 aliphatic carbocycles. The van der Waals surface area contributed by atoms with E-state index in [0.717, 1.165) is 16.7 Å². The van der Waals surface area contributed by atoms with E-state index in [-0.39, 0.29) is 12.1 Å². The van der Waals surface area contributed by atoms with Crippen molar-refractivity contribution in [1.29, 1.82) is 0 Å². The molecule has 1 unspecified atom stereocenters. The van der Waals surface area contributed by atoms with E-state index in [1.165, 1.54) is 10.1 Å². The van der Waals surface area contributed by atoms with Crippen LogP contribution in [0.3, 0.4) is 0 Å². The first-order chi connectivity index (χ1) is 8.97. The van der Waals surface area contributed by atoms with Gasteiger partial charge in [-0.1, -0.05) is 23.8 Å². The molecule has 3 nitrogen and oxygen atoms in total. The van der Waals surface area contributed by atoms with Crippen LogP contribution < -0.4 is 5.56 Å². The Kier molecular flexibility index (Phi) is 3.86. The van der Waals surface area contributed by atoms with E-state index in [1.54, 1.807) is 12.3 Å². The number of nitrogens with zero attached hydrogens (tertiary/aromatic N) is 1. The Morgan fingerprint density at radius 1 is 1.11 bits per heavy atom. The summed E-state index contributed by atoms with van der Waals surface area (Å²) in [7, 11) is 0. The Morgan fingerprint density at radius 2 is 1.79 bits per heavy atom. The maximum absolute atomic E-state index is 11.8. The summed E-state index contributed by atoms with van der Waals surface area (Å²) in [5, 5.41) is 10.3. The summed E-state index contributed by atoms with van der Waals surface area (Å²) in [6, 6.07) is 9.39. The number of hydrogen-bond donors (Lipinski definition) is 1. The third-order valence-corrected chi connectivity index (χ3v) is 3.31. The van der Waals surface area contributed by atoms with Crippen molar-refractivity contribution in [2.75, 3.05) is 0 Å². The number of aliphatic hydroxyl groups excluding tert-OH is 1. The van der Waals surface area contributed by atoms with E-state index >= 15 is 0 Å². The Bertz CT molecular complexity index is 643. The van der Waals surface area contributed by atoms with Crippen LogP contribution >= 0.6 is 0 Å². The van der Waals surface area contributed by atoms with Crippen LogP contribution in [0.1, 0.15) is 28.4 Å². The molecule has 1 atom stereocenters. The number of aromatic nitrogens is 1. The molecule has 0 aliphatic heterocycles. The molecule has 0 spiro atoms. The molecular formula is C16H19NO2. The fourth-order valence-corrected chi connectivity index (χ4v) is 2.24. The van der Waals surface area contributed by atoms with Gasteiger partial charge in [-0.2, -0.15) is 0 Å². The van der Waals surface area contributed by atoms with Crippen molar-refractivity contribution in [3.8, 4) is 0 Å². The van der Waals surface area contributed by atoms with Gasteiger partial charge in [-0.05, 0) is 43.5 Å².